The van der Waals surface area contributed by atoms with Crippen molar-refractivity contribution in [2.75, 3.05) is 22.5 Å². The van der Waals surface area contributed by atoms with Gasteiger partial charge in [-0.3, -0.25) is 9.59 Å². The molecule has 0 saturated heterocycles. The zero-order valence-corrected chi connectivity index (χ0v) is 14.4. The Balaban J connectivity index is 1.97. The predicted octanol–water partition coefficient (Wildman–Crippen LogP) is 4.05. The van der Waals surface area contributed by atoms with E-state index in [0.717, 1.165) is 5.56 Å². The van der Waals surface area contributed by atoms with Crippen LogP contribution in [-0.4, -0.2) is 18.4 Å². The van der Waals surface area contributed by atoms with Gasteiger partial charge in [0.2, 0.25) is 11.8 Å². The molecule has 24 heavy (non-hydrogen) atoms. The van der Waals surface area contributed by atoms with Crippen LogP contribution >= 0.6 is 11.6 Å². The molecule has 0 unspecified atom stereocenters. The van der Waals surface area contributed by atoms with E-state index in [1.54, 1.807) is 31.2 Å². The van der Waals surface area contributed by atoms with E-state index in [4.69, 9.17) is 11.6 Å². The molecule has 0 radical (unpaired) electrons. The highest BCUT2D eigenvalue weighted by Gasteiger charge is 2.07. The molecule has 0 aliphatic carbocycles. The van der Waals surface area contributed by atoms with Gasteiger partial charge in [-0.15, -0.1) is 0 Å². The zero-order valence-electron chi connectivity index (χ0n) is 13.7. The molecular weight excluding hydrogens is 326 g/mol. The molecule has 0 aliphatic heterocycles. The molecule has 0 aliphatic rings. The Bertz CT molecular complexity index is 747. The summed E-state index contributed by atoms with van der Waals surface area (Å²) in [5.41, 5.74) is 2.95. The number of nitrogens with one attached hydrogen (secondary N) is 3. The molecule has 2 aromatic carbocycles. The number of carbonyl (C=O) groups excluding carboxylic acids is 2. The van der Waals surface area contributed by atoms with E-state index in [1.807, 2.05) is 25.1 Å². The van der Waals surface area contributed by atoms with Gasteiger partial charge in [0.05, 0.1) is 17.3 Å². The van der Waals surface area contributed by atoms with E-state index in [-0.39, 0.29) is 18.4 Å². The van der Waals surface area contributed by atoms with Crippen LogP contribution in [0, 0.1) is 6.92 Å². The first-order chi connectivity index (χ1) is 11.5. The number of halogens is 1. The van der Waals surface area contributed by atoms with Crippen LogP contribution < -0.4 is 16.0 Å². The van der Waals surface area contributed by atoms with Crippen molar-refractivity contribution in [2.24, 2.45) is 0 Å². The van der Waals surface area contributed by atoms with E-state index < -0.39 is 0 Å². The minimum atomic E-state index is -0.202. The summed E-state index contributed by atoms with van der Waals surface area (Å²) in [5.74, 6) is -0.270. The summed E-state index contributed by atoms with van der Waals surface area (Å²) in [6, 6.07) is 12.6. The second-order valence-electron chi connectivity index (χ2n) is 5.31. The van der Waals surface area contributed by atoms with Crippen molar-refractivity contribution >= 4 is 40.5 Å². The van der Waals surface area contributed by atoms with Gasteiger partial charge in [0.25, 0.3) is 0 Å². The molecule has 0 fully saturated rings. The topological polar surface area (TPSA) is 70.2 Å². The van der Waals surface area contributed by atoms with Gasteiger partial charge < -0.3 is 16.0 Å². The van der Waals surface area contributed by atoms with Gasteiger partial charge >= 0.3 is 0 Å². The first-order valence-electron chi connectivity index (χ1n) is 7.68. The maximum Gasteiger partial charge on any atom is 0.243 e. The summed E-state index contributed by atoms with van der Waals surface area (Å²) in [6.45, 7) is 3.78. The van der Waals surface area contributed by atoms with Crippen molar-refractivity contribution in [3.8, 4) is 0 Å². The monoisotopic (exact) mass is 345 g/mol. The van der Waals surface area contributed by atoms with Crippen molar-refractivity contribution < 1.29 is 9.59 Å². The van der Waals surface area contributed by atoms with Crippen LogP contribution in [0.15, 0.2) is 42.5 Å². The van der Waals surface area contributed by atoms with E-state index in [1.165, 1.54) is 0 Å². The first kappa shape index (κ1) is 17.8. The van der Waals surface area contributed by atoms with Gasteiger partial charge in [0.15, 0.2) is 0 Å². The largest absolute Gasteiger partial charge is 0.375 e. The van der Waals surface area contributed by atoms with Gasteiger partial charge in [-0.2, -0.15) is 0 Å². The van der Waals surface area contributed by atoms with E-state index in [0.29, 0.717) is 28.5 Å². The average Bonchev–Trinajstić information content (AvgIpc) is 2.57. The maximum atomic E-state index is 12.1. The number of amides is 2. The average molecular weight is 346 g/mol. The number of benzene rings is 2. The minimum absolute atomic E-state index is 0.0676. The smallest absolute Gasteiger partial charge is 0.243 e. The van der Waals surface area contributed by atoms with Crippen molar-refractivity contribution in [2.45, 2.75) is 20.3 Å². The fourth-order valence-corrected chi connectivity index (χ4v) is 2.26. The molecule has 2 amide bonds. The van der Waals surface area contributed by atoms with Gasteiger partial charge in [-0.25, -0.2) is 0 Å². The standard InChI is InChI=1S/C18H20ClN3O2/c1-3-17(23)22-16-10-13(9-8-12(16)2)21-18(24)11-20-15-7-5-4-6-14(15)19/h4-10,20H,3,11H2,1-2H3,(H,21,24)(H,22,23). The normalized spacial score (nSPS) is 10.1. The molecule has 0 bridgehead atoms. The predicted molar refractivity (Wildman–Crippen MR) is 98.7 cm³/mol. The van der Waals surface area contributed by atoms with Crippen LogP contribution in [0.25, 0.3) is 0 Å². The van der Waals surface area contributed by atoms with E-state index >= 15 is 0 Å². The van der Waals surface area contributed by atoms with Crippen molar-refractivity contribution in [3.63, 3.8) is 0 Å². The fraction of sp³-hybridized carbons (Fsp3) is 0.222. The molecule has 126 valence electrons. The number of hydrogen-bond donors (Lipinski definition) is 3. The van der Waals surface area contributed by atoms with Gasteiger partial charge in [0.1, 0.15) is 0 Å². The van der Waals surface area contributed by atoms with E-state index in [9.17, 15) is 9.59 Å². The molecule has 0 saturated carbocycles. The number of anilines is 3. The molecule has 0 atom stereocenters. The van der Waals surface area contributed by atoms with Gasteiger partial charge in [-0.05, 0) is 36.8 Å². The summed E-state index contributed by atoms with van der Waals surface area (Å²) in [6.07, 6.45) is 0.401. The lowest BCUT2D eigenvalue weighted by atomic mass is 10.1. The van der Waals surface area contributed by atoms with Crippen molar-refractivity contribution in [1.29, 1.82) is 0 Å². The highest BCUT2D eigenvalue weighted by atomic mass is 35.5. The van der Waals surface area contributed by atoms with Crippen LogP contribution in [-0.2, 0) is 9.59 Å². The molecule has 5 nitrogen and oxygen atoms in total. The molecule has 6 heteroatoms. The Hall–Kier alpha value is -2.53. The van der Waals surface area contributed by atoms with Crippen LogP contribution in [0.5, 0.6) is 0 Å². The molecular formula is C18H20ClN3O2. The summed E-state index contributed by atoms with van der Waals surface area (Å²) in [7, 11) is 0. The van der Waals surface area contributed by atoms with E-state index in [2.05, 4.69) is 16.0 Å². The van der Waals surface area contributed by atoms with Crippen LogP contribution in [0.4, 0.5) is 17.1 Å². The Morgan fingerprint density at radius 3 is 2.46 bits per heavy atom. The molecule has 0 spiro atoms. The SMILES string of the molecule is CCC(=O)Nc1cc(NC(=O)CNc2ccccc2Cl)ccc1C. The summed E-state index contributed by atoms with van der Waals surface area (Å²) in [4.78, 5) is 23.6. The highest BCUT2D eigenvalue weighted by molar-refractivity contribution is 6.33. The quantitative estimate of drug-likeness (QED) is 0.739. The molecule has 2 rings (SSSR count). The maximum absolute atomic E-state index is 12.1. The third kappa shape index (κ3) is 4.99. The van der Waals surface area contributed by atoms with Crippen LogP contribution in [0.1, 0.15) is 18.9 Å². The number of hydrogen-bond acceptors (Lipinski definition) is 3. The van der Waals surface area contributed by atoms with Crippen molar-refractivity contribution in [1.82, 2.24) is 0 Å². The number of aryl methyl sites for hydroxylation is 1. The Labute approximate surface area is 146 Å². The third-order valence-corrected chi connectivity index (χ3v) is 3.76. The number of carbonyl (C=O) groups is 2. The summed E-state index contributed by atoms with van der Waals surface area (Å²) >= 11 is 6.03. The summed E-state index contributed by atoms with van der Waals surface area (Å²) in [5, 5.41) is 9.16. The summed E-state index contributed by atoms with van der Waals surface area (Å²) < 4.78 is 0. The Morgan fingerprint density at radius 1 is 1.00 bits per heavy atom. The highest BCUT2D eigenvalue weighted by Crippen LogP contribution is 2.21. The third-order valence-electron chi connectivity index (χ3n) is 3.43. The second kappa shape index (κ2) is 8.36. The van der Waals surface area contributed by atoms with Crippen LogP contribution in [0.2, 0.25) is 5.02 Å². The Morgan fingerprint density at radius 2 is 1.75 bits per heavy atom. The lowest BCUT2D eigenvalue weighted by molar-refractivity contribution is -0.116. The Kier molecular flexibility index (Phi) is 6.21. The molecule has 3 N–H and O–H groups in total. The number of para-hydroxylation sites is 1. The van der Waals surface area contributed by atoms with Crippen LogP contribution in [0.3, 0.4) is 0 Å². The van der Waals surface area contributed by atoms with Gasteiger partial charge in [0, 0.05) is 17.8 Å². The molecule has 0 heterocycles. The van der Waals surface area contributed by atoms with Gasteiger partial charge in [-0.1, -0.05) is 36.7 Å². The zero-order chi connectivity index (χ0) is 17.5. The first-order valence-corrected chi connectivity index (χ1v) is 8.06. The fourth-order valence-electron chi connectivity index (χ4n) is 2.06. The minimum Gasteiger partial charge on any atom is -0.375 e. The van der Waals surface area contributed by atoms with Crippen molar-refractivity contribution in [3.05, 3.63) is 53.1 Å². The second-order valence-corrected chi connectivity index (χ2v) is 5.72. The lowest BCUT2D eigenvalue weighted by Crippen LogP contribution is -2.22. The molecule has 0 aromatic heterocycles. The molecule has 2 aromatic rings. The number of rotatable bonds is 6. The lowest BCUT2D eigenvalue weighted by Gasteiger charge is -2.12.